The van der Waals surface area contributed by atoms with Gasteiger partial charge in [-0.1, -0.05) is 29.8 Å². The van der Waals surface area contributed by atoms with Crippen LogP contribution in [0.5, 0.6) is 0 Å². The van der Waals surface area contributed by atoms with Gasteiger partial charge in [0, 0.05) is 20.1 Å². The molecule has 0 spiro atoms. The second kappa shape index (κ2) is 6.58. The molecule has 0 saturated heterocycles. The Balaban J connectivity index is 1.75. The van der Waals surface area contributed by atoms with E-state index in [0.29, 0.717) is 10.7 Å². The molecule has 22 heavy (non-hydrogen) atoms. The fraction of sp³-hybridized carbons (Fsp3) is 0.0588. The van der Waals surface area contributed by atoms with E-state index in [-0.39, 0.29) is 5.91 Å². The van der Waals surface area contributed by atoms with Crippen molar-refractivity contribution in [3.63, 3.8) is 0 Å². The van der Waals surface area contributed by atoms with Crippen LogP contribution in [0.2, 0.25) is 0 Å². The van der Waals surface area contributed by atoms with Crippen molar-refractivity contribution in [1.29, 1.82) is 0 Å². The monoisotopic (exact) mass is 420 g/mol. The van der Waals surface area contributed by atoms with Gasteiger partial charge in [-0.05, 0) is 53.8 Å². The molecular formula is C17H13IN2OS. The van der Waals surface area contributed by atoms with Crippen LogP contribution in [-0.4, -0.2) is 10.9 Å². The van der Waals surface area contributed by atoms with Gasteiger partial charge < -0.3 is 0 Å². The number of rotatable bonds is 3. The topological polar surface area (TPSA) is 42.0 Å². The Kier molecular flexibility index (Phi) is 4.54. The fourth-order valence-corrected chi connectivity index (χ4v) is 3.03. The zero-order valence-corrected chi connectivity index (χ0v) is 14.8. The lowest BCUT2D eigenvalue weighted by molar-refractivity contribution is 0.102. The molecular weight excluding hydrogens is 407 g/mol. The Morgan fingerprint density at radius 2 is 1.77 bits per heavy atom. The first-order valence-corrected chi connectivity index (χ1v) is 8.67. The SMILES string of the molecule is Cc1ccc(-c2csc(NC(=O)c3ccc(I)cc3)n2)cc1. The molecule has 1 N–H and O–H groups in total. The molecule has 0 bridgehead atoms. The number of amides is 1. The molecule has 5 heteroatoms. The van der Waals surface area contributed by atoms with E-state index in [1.165, 1.54) is 16.9 Å². The predicted molar refractivity (Wildman–Crippen MR) is 99.4 cm³/mol. The molecule has 0 atom stereocenters. The highest BCUT2D eigenvalue weighted by Gasteiger charge is 2.09. The smallest absolute Gasteiger partial charge is 0.257 e. The van der Waals surface area contributed by atoms with Gasteiger partial charge in [0.15, 0.2) is 5.13 Å². The molecule has 0 aliphatic heterocycles. The third-order valence-electron chi connectivity index (χ3n) is 3.18. The minimum atomic E-state index is -0.138. The zero-order valence-electron chi connectivity index (χ0n) is 11.8. The summed E-state index contributed by atoms with van der Waals surface area (Å²) in [6.45, 7) is 2.05. The van der Waals surface area contributed by atoms with Crippen LogP contribution in [0.3, 0.4) is 0 Å². The quantitative estimate of drug-likeness (QED) is 0.608. The number of aryl methyl sites for hydroxylation is 1. The van der Waals surface area contributed by atoms with Gasteiger partial charge in [-0.2, -0.15) is 0 Å². The highest BCUT2D eigenvalue weighted by atomic mass is 127. The summed E-state index contributed by atoms with van der Waals surface area (Å²) in [5.41, 5.74) is 3.78. The van der Waals surface area contributed by atoms with Gasteiger partial charge in [0.25, 0.3) is 5.91 Å². The van der Waals surface area contributed by atoms with Crippen LogP contribution in [0.15, 0.2) is 53.9 Å². The molecule has 1 amide bonds. The fourth-order valence-electron chi connectivity index (χ4n) is 1.96. The Morgan fingerprint density at radius 3 is 2.45 bits per heavy atom. The van der Waals surface area contributed by atoms with Crippen LogP contribution in [0.4, 0.5) is 5.13 Å². The van der Waals surface area contributed by atoms with Crippen molar-refractivity contribution in [3.8, 4) is 11.3 Å². The highest BCUT2D eigenvalue weighted by molar-refractivity contribution is 14.1. The number of carbonyl (C=O) groups excluding carboxylic acids is 1. The van der Waals surface area contributed by atoms with Gasteiger partial charge in [-0.3, -0.25) is 10.1 Å². The minimum absolute atomic E-state index is 0.138. The summed E-state index contributed by atoms with van der Waals surface area (Å²) in [5.74, 6) is -0.138. The predicted octanol–water partition coefficient (Wildman–Crippen LogP) is 4.98. The second-order valence-electron chi connectivity index (χ2n) is 4.86. The van der Waals surface area contributed by atoms with E-state index < -0.39 is 0 Å². The molecule has 1 aromatic heterocycles. The van der Waals surface area contributed by atoms with Crippen LogP contribution in [0.1, 0.15) is 15.9 Å². The summed E-state index contributed by atoms with van der Waals surface area (Å²) in [6, 6.07) is 15.6. The Morgan fingerprint density at radius 1 is 1.09 bits per heavy atom. The number of anilines is 1. The molecule has 3 nitrogen and oxygen atoms in total. The highest BCUT2D eigenvalue weighted by Crippen LogP contribution is 2.25. The largest absolute Gasteiger partial charge is 0.298 e. The van der Waals surface area contributed by atoms with Crippen LogP contribution in [0.25, 0.3) is 11.3 Å². The normalized spacial score (nSPS) is 10.5. The number of carbonyl (C=O) groups is 1. The summed E-state index contributed by atoms with van der Waals surface area (Å²) in [4.78, 5) is 16.6. The van der Waals surface area contributed by atoms with Gasteiger partial charge in [-0.15, -0.1) is 11.3 Å². The van der Waals surface area contributed by atoms with Crippen LogP contribution in [-0.2, 0) is 0 Å². The third kappa shape index (κ3) is 3.53. The summed E-state index contributed by atoms with van der Waals surface area (Å²) < 4.78 is 1.10. The molecule has 3 aromatic rings. The van der Waals surface area contributed by atoms with Crippen molar-refractivity contribution in [2.45, 2.75) is 6.92 Å². The first-order chi connectivity index (χ1) is 10.6. The summed E-state index contributed by atoms with van der Waals surface area (Å²) in [7, 11) is 0. The minimum Gasteiger partial charge on any atom is -0.298 e. The standard InChI is InChI=1S/C17H13IN2OS/c1-11-2-4-12(5-3-11)15-10-22-17(19-15)20-16(21)13-6-8-14(18)9-7-13/h2-10H,1H3,(H,19,20,21). The lowest BCUT2D eigenvalue weighted by atomic mass is 10.1. The second-order valence-corrected chi connectivity index (χ2v) is 6.97. The van der Waals surface area contributed by atoms with Gasteiger partial charge in [0.1, 0.15) is 0 Å². The number of nitrogens with zero attached hydrogens (tertiary/aromatic N) is 1. The van der Waals surface area contributed by atoms with E-state index >= 15 is 0 Å². The van der Waals surface area contributed by atoms with E-state index in [1.54, 1.807) is 0 Å². The molecule has 0 saturated carbocycles. The van der Waals surface area contributed by atoms with Crippen molar-refractivity contribution in [3.05, 3.63) is 68.6 Å². The Bertz CT molecular complexity index is 794. The molecule has 0 aliphatic carbocycles. The first-order valence-electron chi connectivity index (χ1n) is 6.71. The van der Waals surface area contributed by atoms with Crippen LogP contribution in [0, 0.1) is 10.5 Å². The number of benzene rings is 2. The number of aromatic nitrogens is 1. The average Bonchev–Trinajstić information content (AvgIpc) is 2.97. The molecule has 0 aliphatic rings. The average molecular weight is 420 g/mol. The van der Waals surface area contributed by atoms with Gasteiger partial charge in [-0.25, -0.2) is 4.98 Å². The summed E-state index contributed by atoms with van der Waals surface area (Å²) in [6.07, 6.45) is 0. The van der Waals surface area contributed by atoms with Gasteiger partial charge in [0.05, 0.1) is 5.69 Å². The molecule has 0 fully saturated rings. The van der Waals surface area contributed by atoms with E-state index in [0.717, 1.165) is 14.8 Å². The van der Waals surface area contributed by atoms with Crippen molar-refractivity contribution in [2.75, 3.05) is 5.32 Å². The molecule has 1 heterocycles. The number of hydrogen-bond acceptors (Lipinski definition) is 3. The third-order valence-corrected chi connectivity index (χ3v) is 4.66. The van der Waals surface area contributed by atoms with Crippen molar-refractivity contribution < 1.29 is 4.79 Å². The number of nitrogens with one attached hydrogen (secondary N) is 1. The van der Waals surface area contributed by atoms with Crippen molar-refractivity contribution >= 4 is 45.0 Å². The van der Waals surface area contributed by atoms with E-state index in [9.17, 15) is 4.79 Å². The van der Waals surface area contributed by atoms with Gasteiger partial charge >= 0.3 is 0 Å². The van der Waals surface area contributed by atoms with Crippen LogP contribution >= 0.6 is 33.9 Å². The lowest BCUT2D eigenvalue weighted by Crippen LogP contribution is -2.11. The van der Waals surface area contributed by atoms with E-state index in [2.05, 4.69) is 51.9 Å². The van der Waals surface area contributed by atoms with Crippen molar-refractivity contribution in [2.24, 2.45) is 0 Å². The molecule has 110 valence electrons. The van der Waals surface area contributed by atoms with E-state index in [4.69, 9.17) is 0 Å². The number of halogens is 1. The zero-order chi connectivity index (χ0) is 15.5. The van der Waals surface area contributed by atoms with E-state index in [1.807, 2.05) is 41.8 Å². The maximum atomic E-state index is 12.2. The Labute approximate surface area is 146 Å². The summed E-state index contributed by atoms with van der Waals surface area (Å²) >= 11 is 3.64. The summed E-state index contributed by atoms with van der Waals surface area (Å²) in [5, 5.41) is 5.41. The van der Waals surface area contributed by atoms with Gasteiger partial charge in [0.2, 0.25) is 0 Å². The molecule has 3 rings (SSSR count). The Hall–Kier alpha value is -1.73. The first kappa shape index (κ1) is 15.2. The number of thiazole rings is 1. The maximum Gasteiger partial charge on any atom is 0.257 e. The molecule has 0 radical (unpaired) electrons. The maximum absolute atomic E-state index is 12.2. The van der Waals surface area contributed by atoms with Crippen LogP contribution < -0.4 is 5.32 Å². The number of hydrogen-bond donors (Lipinski definition) is 1. The lowest BCUT2D eigenvalue weighted by Gasteiger charge is -2.02. The molecule has 2 aromatic carbocycles. The van der Waals surface area contributed by atoms with Crippen molar-refractivity contribution in [1.82, 2.24) is 4.98 Å². The molecule has 0 unspecified atom stereocenters.